The third kappa shape index (κ3) is 4.19. The first kappa shape index (κ1) is 17.0. The lowest BCUT2D eigenvalue weighted by molar-refractivity contribution is 0.0486. The molecule has 0 fully saturated rings. The predicted molar refractivity (Wildman–Crippen MR) is 94.3 cm³/mol. The summed E-state index contributed by atoms with van der Waals surface area (Å²) in [4.78, 5) is 26.2. The fourth-order valence-electron chi connectivity index (χ4n) is 2.27. The molecule has 0 atom stereocenters. The number of carbonyl (C=O) groups excluding carboxylic acids is 2. The highest BCUT2D eigenvalue weighted by Gasteiger charge is 2.18. The van der Waals surface area contributed by atoms with E-state index in [1.807, 2.05) is 41.8 Å². The van der Waals surface area contributed by atoms with Crippen LogP contribution < -0.4 is 0 Å². The molecule has 0 radical (unpaired) electrons. The Kier molecular flexibility index (Phi) is 5.35. The molecular formula is C18H17N3O3S. The Balaban J connectivity index is 1.53. The molecule has 0 saturated heterocycles. The maximum absolute atomic E-state index is 12.2. The van der Waals surface area contributed by atoms with Crippen LogP contribution in [0.4, 0.5) is 0 Å². The minimum absolute atomic E-state index is 0.0669. The number of Topliss-reactive ketones (excluding diaryl/α,β-unsaturated/α-hetero) is 1. The van der Waals surface area contributed by atoms with E-state index < -0.39 is 5.97 Å². The number of aromatic nitrogens is 3. The summed E-state index contributed by atoms with van der Waals surface area (Å²) in [6.45, 7) is 1.89. The standard InChI is InChI=1S/C18H17N3O3S/c1-13-17(20-21(19-13)14-7-3-2-4-8-14)18(23)24-11-5-9-15(22)16-10-6-12-25-16/h2-4,6-8,10,12H,5,9,11H2,1H3. The molecule has 0 aliphatic rings. The Morgan fingerprint density at radius 3 is 2.64 bits per heavy atom. The molecule has 6 nitrogen and oxygen atoms in total. The number of carbonyl (C=O) groups is 2. The van der Waals surface area contributed by atoms with E-state index in [2.05, 4.69) is 10.2 Å². The minimum Gasteiger partial charge on any atom is -0.461 e. The van der Waals surface area contributed by atoms with E-state index in [4.69, 9.17) is 4.74 Å². The monoisotopic (exact) mass is 355 g/mol. The second-order valence-electron chi connectivity index (χ2n) is 5.40. The molecule has 25 heavy (non-hydrogen) atoms. The number of hydrogen-bond acceptors (Lipinski definition) is 6. The van der Waals surface area contributed by atoms with Crippen molar-refractivity contribution < 1.29 is 14.3 Å². The van der Waals surface area contributed by atoms with Crippen LogP contribution in [0.25, 0.3) is 5.69 Å². The summed E-state index contributed by atoms with van der Waals surface area (Å²) < 4.78 is 5.22. The number of nitrogens with zero attached hydrogens (tertiary/aromatic N) is 3. The number of benzene rings is 1. The Labute approximate surface area is 149 Å². The van der Waals surface area contributed by atoms with Crippen LogP contribution in [-0.4, -0.2) is 33.4 Å². The first-order valence-electron chi connectivity index (χ1n) is 7.88. The quantitative estimate of drug-likeness (QED) is 0.369. The van der Waals surface area contributed by atoms with Gasteiger partial charge in [-0.1, -0.05) is 24.3 Å². The van der Waals surface area contributed by atoms with Crippen LogP contribution in [0.1, 0.15) is 38.7 Å². The fraction of sp³-hybridized carbons (Fsp3) is 0.222. The Hall–Kier alpha value is -2.80. The molecule has 3 rings (SSSR count). The van der Waals surface area contributed by atoms with Gasteiger partial charge in [-0.05, 0) is 36.9 Å². The molecule has 0 bridgehead atoms. The van der Waals surface area contributed by atoms with Crippen molar-refractivity contribution in [3.63, 3.8) is 0 Å². The molecule has 0 aliphatic heterocycles. The highest BCUT2D eigenvalue weighted by Crippen LogP contribution is 2.13. The van der Waals surface area contributed by atoms with Gasteiger partial charge in [0.1, 0.15) is 0 Å². The van der Waals surface area contributed by atoms with Crippen molar-refractivity contribution in [2.75, 3.05) is 6.61 Å². The molecular weight excluding hydrogens is 338 g/mol. The Morgan fingerprint density at radius 1 is 1.12 bits per heavy atom. The third-order valence-electron chi connectivity index (χ3n) is 3.54. The topological polar surface area (TPSA) is 74.1 Å². The number of aryl methyl sites for hydroxylation is 1. The zero-order valence-corrected chi connectivity index (χ0v) is 14.5. The summed E-state index contributed by atoms with van der Waals surface area (Å²) in [6, 6.07) is 13.0. The van der Waals surface area contributed by atoms with E-state index >= 15 is 0 Å². The number of hydrogen-bond donors (Lipinski definition) is 0. The van der Waals surface area contributed by atoms with E-state index in [9.17, 15) is 9.59 Å². The summed E-state index contributed by atoms with van der Waals surface area (Å²) in [5.41, 5.74) is 1.46. The summed E-state index contributed by atoms with van der Waals surface area (Å²) in [5.74, 6) is -0.458. The van der Waals surface area contributed by atoms with Crippen LogP contribution >= 0.6 is 11.3 Å². The molecule has 0 N–H and O–H groups in total. The summed E-state index contributed by atoms with van der Waals surface area (Å²) >= 11 is 1.42. The van der Waals surface area contributed by atoms with Gasteiger partial charge in [-0.3, -0.25) is 4.79 Å². The molecule has 0 saturated carbocycles. The van der Waals surface area contributed by atoms with Crippen LogP contribution in [0.5, 0.6) is 0 Å². The van der Waals surface area contributed by atoms with Crippen molar-refractivity contribution >= 4 is 23.1 Å². The van der Waals surface area contributed by atoms with E-state index in [0.29, 0.717) is 18.5 Å². The maximum Gasteiger partial charge on any atom is 0.360 e. The number of ether oxygens (including phenoxy) is 1. The molecule has 2 aromatic heterocycles. The minimum atomic E-state index is -0.525. The van der Waals surface area contributed by atoms with Crippen molar-refractivity contribution in [3.05, 3.63) is 64.1 Å². The zero-order valence-electron chi connectivity index (χ0n) is 13.7. The molecule has 0 aliphatic carbocycles. The summed E-state index contributed by atoms with van der Waals surface area (Å²) in [5, 5.41) is 10.3. The number of rotatable bonds is 7. The average Bonchev–Trinajstić information content (AvgIpc) is 3.29. The van der Waals surface area contributed by atoms with Gasteiger partial charge in [-0.15, -0.1) is 16.4 Å². The summed E-state index contributed by atoms with van der Waals surface area (Å²) in [6.07, 6.45) is 0.831. The van der Waals surface area contributed by atoms with Gasteiger partial charge < -0.3 is 4.74 Å². The van der Waals surface area contributed by atoms with Crippen LogP contribution in [-0.2, 0) is 4.74 Å². The molecule has 2 heterocycles. The van der Waals surface area contributed by atoms with Gasteiger partial charge in [0.2, 0.25) is 0 Å². The largest absolute Gasteiger partial charge is 0.461 e. The first-order chi connectivity index (χ1) is 12.1. The van der Waals surface area contributed by atoms with Crippen molar-refractivity contribution in [2.24, 2.45) is 0 Å². The Morgan fingerprint density at radius 2 is 1.92 bits per heavy atom. The van der Waals surface area contributed by atoms with Crippen LogP contribution in [0.2, 0.25) is 0 Å². The summed E-state index contributed by atoms with van der Waals surface area (Å²) in [7, 11) is 0. The van der Waals surface area contributed by atoms with Gasteiger partial charge in [0.15, 0.2) is 11.5 Å². The molecule has 3 aromatic rings. The number of esters is 1. The number of ketones is 1. The predicted octanol–water partition coefficient (Wildman–Crippen LogP) is 3.46. The highest BCUT2D eigenvalue weighted by atomic mass is 32.1. The van der Waals surface area contributed by atoms with Crippen LogP contribution in [0.3, 0.4) is 0 Å². The molecule has 0 spiro atoms. The van der Waals surface area contributed by atoms with Gasteiger partial charge in [-0.25, -0.2) is 4.79 Å². The van der Waals surface area contributed by atoms with E-state index in [0.717, 1.165) is 10.6 Å². The molecule has 0 amide bonds. The SMILES string of the molecule is Cc1nn(-c2ccccc2)nc1C(=O)OCCCC(=O)c1cccs1. The van der Waals surface area contributed by atoms with Gasteiger partial charge in [0.25, 0.3) is 0 Å². The third-order valence-corrected chi connectivity index (χ3v) is 4.45. The second kappa shape index (κ2) is 7.85. The number of para-hydroxylation sites is 1. The van der Waals surface area contributed by atoms with E-state index in [-0.39, 0.29) is 18.1 Å². The Bertz CT molecular complexity index is 857. The molecule has 128 valence electrons. The average molecular weight is 355 g/mol. The molecule has 7 heteroatoms. The zero-order chi connectivity index (χ0) is 17.6. The van der Waals surface area contributed by atoms with Crippen LogP contribution in [0.15, 0.2) is 47.8 Å². The normalized spacial score (nSPS) is 10.6. The van der Waals surface area contributed by atoms with Crippen LogP contribution in [0, 0.1) is 6.92 Å². The smallest absolute Gasteiger partial charge is 0.360 e. The van der Waals surface area contributed by atoms with Gasteiger partial charge in [0.05, 0.1) is 22.9 Å². The van der Waals surface area contributed by atoms with Gasteiger partial charge in [-0.2, -0.15) is 9.90 Å². The molecule has 0 unspecified atom stereocenters. The van der Waals surface area contributed by atoms with E-state index in [1.165, 1.54) is 16.1 Å². The van der Waals surface area contributed by atoms with Crippen molar-refractivity contribution in [1.29, 1.82) is 0 Å². The lowest BCUT2D eigenvalue weighted by atomic mass is 10.2. The van der Waals surface area contributed by atoms with E-state index in [1.54, 1.807) is 13.0 Å². The number of thiophene rings is 1. The van der Waals surface area contributed by atoms with Crippen molar-refractivity contribution in [2.45, 2.75) is 19.8 Å². The van der Waals surface area contributed by atoms with Gasteiger partial charge >= 0.3 is 5.97 Å². The second-order valence-corrected chi connectivity index (χ2v) is 6.35. The first-order valence-corrected chi connectivity index (χ1v) is 8.76. The maximum atomic E-state index is 12.2. The van der Waals surface area contributed by atoms with Crippen molar-refractivity contribution in [3.8, 4) is 5.69 Å². The lowest BCUT2D eigenvalue weighted by Crippen LogP contribution is -2.10. The lowest BCUT2D eigenvalue weighted by Gasteiger charge is -2.02. The van der Waals surface area contributed by atoms with Crippen molar-refractivity contribution in [1.82, 2.24) is 15.0 Å². The fourth-order valence-corrected chi connectivity index (χ4v) is 2.96. The van der Waals surface area contributed by atoms with Gasteiger partial charge in [0, 0.05) is 6.42 Å². The highest BCUT2D eigenvalue weighted by molar-refractivity contribution is 7.12. The molecule has 1 aromatic carbocycles.